The summed E-state index contributed by atoms with van der Waals surface area (Å²) in [6.07, 6.45) is 7.28. The molecule has 0 spiro atoms. The molecular weight excluding hydrogens is 370 g/mol. The summed E-state index contributed by atoms with van der Waals surface area (Å²) < 4.78 is 12.0. The Kier molecular flexibility index (Phi) is 5.92. The minimum Gasteiger partial charge on any atom is -0.371 e. The van der Waals surface area contributed by atoms with E-state index in [4.69, 9.17) is 9.47 Å². The third kappa shape index (κ3) is 4.80. The Hall–Kier alpha value is -1.93. The van der Waals surface area contributed by atoms with Crippen molar-refractivity contribution in [1.82, 2.24) is 20.6 Å². The van der Waals surface area contributed by atoms with Gasteiger partial charge in [0, 0.05) is 17.7 Å². The van der Waals surface area contributed by atoms with Crippen LogP contribution in [0.3, 0.4) is 0 Å². The maximum Gasteiger partial charge on any atom is 0.315 e. The van der Waals surface area contributed by atoms with E-state index in [1.807, 2.05) is 6.07 Å². The Balaban J connectivity index is 1.31. The highest BCUT2D eigenvalue weighted by Crippen LogP contribution is 2.29. The number of anilines is 1. The number of fused-ring (bicyclic) bond motifs is 1. The van der Waals surface area contributed by atoms with Gasteiger partial charge in [0.15, 0.2) is 0 Å². The van der Waals surface area contributed by atoms with Gasteiger partial charge in [0.25, 0.3) is 0 Å². The van der Waals surface area contributed by atoms with Crippen LogP contribution in [-0.2, 0) is 14.9 Å². The largest absolute Gasteiger partial charge is 0.371 e. The van der Waals surface area contributed by atoms with Gasteiger partial charge in [-0.15, -0.1) is 0 Å². The molecule has 0 unspecified atom stereocenters. The standard InChI is InChI=1S/C21H33N5O3/c1-21(2,3)16-9-10-22-19(26-16)24-14-11-28-18-15(12-29-17(14)18)25-20(27)23-13-7-5-4-6-8-13/h9-10,13-15,17-18H,4-8,11-12H2,1-3H3,(H,22,24,26)(H2,23,25,27)/t14-,15-,17+,18+/m0/s1. The molecule has 1 aliphatic carbocycles. The van der Waals surface area contributed by atoms with Crippen molar-refractivity contribution in [3.8, 4) is 0 Å². The van der Waals surface area contributed by atoms with Crippen molar-refractivity contribution in [3.63, 3.8) is 0 Å². The molecule has 3 N–H and O–H groups in total. The zero-order chi connectivity index (χ0) is 20.4. The first-order chi connectivity index (χ1) is 13.9. The van der Waals surface area contributed by atoms with Crippen molar-refractivity contribution in [2.75, 3.05) is 18.5 Å². The first-order valence-electron chi connectivity index (χ1n) is 10.8. The first kappa shape index (κ1) is 20.3. The molecule has 4 atom stereocenters. The number of amides is 2. The van der Waals surface area contributed by atoms with Crippen LogP contribution in [0, 0.1) is 0 Å². The van der Waals surface area contributed by atoms with Crippen LogP contribution in [0.4, 0.5) is 10.7 Å². The van der Waals surface area contributed by atoms with Gasteiger partial charge in [0.1, 0.15) is 12.2 Å². The lowest BCUT2D eigenvalue weighted by Crippen LogP contribution is -2.51. The summed E-state index contributed by atoms with van der Waals surface area (Å²) in [5, 5.41) is 9.52. The zero-order valence-electron chi connectivity index (χ0n) is 17.6. The maximum atomic E-state index is 12.4. The average Bonchev–Trinajstić information content (AvgIpc) is 3.26. The molecule has 0 aromatic carbocycles. The van der Waals surface area contributed by atoms with Crippen LogP contribution in [-0.4, -0.2) is 59.5 Å². The highest BCUT2D eigenvalue weighted by atomic mass is 16.6. The van der Waals surface area contributed by atoms with Crippen molar-refractivity contribution < 1.29 is 14.3 Å². The molecule has 1 aromatic heterocycles. The fourth-order valence-corrected chi connectivity index (χ4v) is 4.40. The second-order valence-electron chi connectivity index (χ2n) is 9.42. The molecule has 160 valence electrons. The Labute approximate surface area is 172 Å². The quantitative estimate of drug-likeness (QED) is 0.714. The minimum absolute atomic E-state index is 0.0385. The minimum atomic E-state index is -0.157. The van der Waals surface area contributed by atoms with Crippen LogP contribution in [0.2, 0.25) is 0 Å². The molecule has 8 nitrogen and oxygen atoms in total. The summed E-state index contributed by atoms with van der Waals surface area (Å²) in [5.74, 6) is 0.585. The molecule has 1 saturated carbocycles. The fourth-order valence-electron chi connectivity index (χ4n) is 4.40. The van der Waals surface area contributed by atoms with Gasteiger partial charge in [-0.05, 0) is 18.9 Å². The Morgan fingerprint density at radius 3 is 2.45 bits per heavy atom. The van der Waals surface area contributed by atoms with Crippen molar-refractivity contribution >= 4 is 12.0 Å². The molecule has 1 aromatic rings. The lowest BCUT2D eigenvalue weighted by molar-refractivity contribution is 0.0681. The number of urea groups is 1. The number of hydrogen-bond donors (Lipinski definition) is 3. The van der Waals surface area contributed by atoms with E-state index < -0.39 is 0 Å². The van der Waals surface area contributed by atoms with Gasteiger partial charge in [-0.2, -0.15) is 0 Å². The number of nitrogens with one attached hydrogen (secondary N) is 3. The SMILES string of the molecule is CC(C)(C)c1ccnc(N[C@H]2CO[C@H]3[C@@H]2OC[C@@H]3NC(=O)NC2CCCCC2)n1. The lowest BCUT2D eigenvalue weighted by Gasteiger charge is -2.24. The molecule has 2 aliphatic heterocycles. The molecule has 3 fully saturated rings. The third-order valence-electron chi connectivity index (χ3n) is 6.05. The zero-order valence-corrected chi connectivity index (χ0v) is 17.6. The molecule has 29 heavy (non-hydrogen) atoms. The Bertz CT molecular complexity index is 717. The second-order valence-corrected chi connectivity index (χ2v) is 9.42. The summed E-state index contributed by atoms with van der Waals surface area (Å²) in [6.45, 7) is 7.34. The Morgan fingerprint density at radius 1 is 1.03 bits per heavy atom. The molecule has 2 saturated heterocycles. The van der Waals surface area contributed by atoms with Gasteiger partial charge < -0.3 is 25.4 Å². The summed E-state index contributed by atoms with van der Waals surface area (Å²) in [6, 6.07) is 1.93. The first-order valence-corrected chi connectivity index (χ1v) is 10.8. The lowest BCUT2D eigenvalue weighted by atomic mass is 9.92. The van der Waals surface area contributed by atoms with Gasteiger partial charge in [-0.1, -0.05) is 40.0 Å². The van der Waals surface area contributed by atoms with Crippen LogP contribution >= 0.6 is 0 Å². The molecule has 3 heterocycles. The smallest absolute Gasteiger partial charge is 0.315 e. The number of rotatable bonds is 4. The normalized spacial score (nSPS) is 30.0. The molecule has 8 heteroatoms. The second kappa shape index (κ2) is 8.44. The predicted octanol–water partition coefficient (Wildman–Crippen LogP) is 2.35. The van der Waals surface area contributed by atoms with E-state index in [1.54, 1.807) is 6.20 Å². The number of carbonyl (C=O) groups is 1. The number of hydrogen-bond acceptors (Lipinski definition) is 6. The number of aromatic nitrogens is 2. The molecule has 0 bridgehead atoms. The van der Waals surface area contributed by atoms with E-state index in [1.165, 1.54) is 19.3 Å². The van der Waals surface area contributed by atoms with Gasteiger partial charge in [-0.3, -0.25) is 0 Å². The molecule has 2 amide bonds. The van der Waals surface area contributed by atoms with E-state index in [0.29, 0.717) is 19.2 Å². The van der Waals surface area contributed by atoms with Crippen LogP contribution in [0.25, 0.3) is 0 Å². The monoisotopic (exact) mass is 403 g/mol. The van der Waals surface area contributed by atoms with Crippen LogP contribution in [0.1, 0.15) is 58.6 Å². The van der Waals surface area contributed by atoms with E-state index in [-0.39, 0.29) is 41.8 Å². The van der Waals surface area contributed by atoms with Crippen LogP contribution in [0.5, 0.6) is 0 Å². The van der Waals surface area contributed by atoms with Gasteiger partial charge in [0.05, 0.1) is 31.0 Å². The van der Waals surface area contributed by atoms with Crippen LogP contribution in [0.15, 0.2) is 12.3 Å². The fraction of sp³-hybridized carbons (Fsp3) is 0.762. The topological polar surface area (TPSA) is 97.4 Å². The molecule has 3 aliphatic rings. The number of nitrogens with zero attached hydrogens (tertiary/aromatic N) is 2. The van der Waals surface area contributed by atoms with E-state index in [9.17, 15) is 4.79 Å². The van der Waals surface area contributed by atoms with Gasteiger partial charge in [-0.25, -0.2) is 14.8 Å². The highest BCUT2D eigenvalue weighted by Gasteiger charge is 2.48. The summed E-state index contributed by atoms with van der Waals surface area (Å²) >= 11 is 0. The molecule has 0 radical (unpaired) electrons. The van der Waals surface area contributed by atoms with Crippen molar-refractivity contribution in [2.45, 2.75) is 88.6 Å². The summed E-state index contributed by atoms with van der Waals surface area (Å²) in [7, 11) is 0. The number of ether oxygens (including phenoxy) is 2. The molecular formula is C21H33N5O3. The van der Waals surface area contributed by atoms with Crippen molar-refractivity contribution in [2.24, 2.45) is 0 Å². The maximum absolute atomic E-state index is 12.4. The van der Waals surface area contributed by atoms with E-state index in [0.717, 1.165) is 18.5 Å². The van der Waals surface area contributed by atoms with Crippen molar-refractivity contribution in [1.29, 1.82) is 0 Å². The van der Waals surface area contributed by atoms with Gasteiger partial charge in [0.2, 0.25) is 5.95 Å². The van der Waals surface area contributed by atoms with E-state index >= 15 is 0 Å². The third-order valence-corrected chi connectivity index (χ3v) is 6.05. The molecule has 4 rings (SSSR count). The van der Waals surface area contributed by atoms with Gasteiger partial charge >= 0.3 is 6.03 Å². The van der Waals surface area contributed by atoms with E-state index in [2.05, 4.69) is 46.7 Å². The number of carbonyl (C=O) groups excluding carboxylic acids is 1. The summed E-state index contributed by atoms with van der Waals surface area (Å²) in [4.78, 5) is 21.4. The predicted molar refractivity (Wildman–Crippen MR) is 110 cm³/mol. The summed E-state index contributed by atoms with van der Waals surface area (Å²) in [5.41, 5.74) is 0.940. The van der Waals surface area contributed by atoms with Crippen molar-refractivity contribution in [3.05, 3.63) is 18.0 Å². The highest BCUT2D eigenvalue weighted by molar-refractivity contribution is 5.74. The Morgan fingerprint density at radius 2 is 1.72 bits per heavy atom. The average molecular weight is 404 g/mol. The van der Waals surface area contributed by atoms with Crippen LogP contribution < -0.4 is 16.0 Å².